The van der Waals surface area contributed by atoms with Crippen molar-refractivity contribution in [3.05, 3.63) is 53.1 Å². The molecule has 8 nitrogen and oxygen atoms in total. The number of carbonyl (C=O) groups excluding carboxylic acids is 2. The summed E-state index contributed by atoms with van der Waals surface area (Å²) in [6.07, 6.45) is 1.86. The number of esters is 1. The topological polar surface area (TPSA) is 102 Å². The SMILES string of the molecule is CCCOc1ccc(N(CC(=O)Nc2ccc(Cl)c(C(=O)OCC)c2)S(C)(=O)=O)cc1. The van der Waals surface area contributed by atoms with Crippen LogP contribution in [0, 0.1) is 0 Å². The third-order valence-corrected chi connectivity index (χ3v) is 5.50. The van der Waals surface area contributed by atoms with Crippen LogP contribution in [0.4, 0.5) is 11.4 Å². The number of hydrogen-bond acceptors (Lipinski definition) is 6. The Labute approximate surface area is 187 Å². The van der Waals surface area contributed by atoms with Gasteiger partial charge in [-0.1, -0.05) is 18.5 Å². The van der Waals surface area contributed by atoms with Crippen molar-refractivity contribution in [3.63, 3.8) is 0 Å². The molecule has 2 aromatic rings. The predicted octanol–water partition coefficient (Wildman–Crippen LogP) is 3.71. The fraction of sp³-hybridized carbons (Fsp3) is 0.333. The Bertz CT molecular complexity index is 1020. The molecule has 0 fully saturated rings. The third-order valence-electron chi connectivity index (χ3n) is 4.03. The standard InChI is InChI=1S/C21H25ClN2O6S/c1-4-12-30-17-9-7-16(8-10-17)24(31(3,27)28)14-20(25)23-15-6-11-19(22)18(13-15)21(26)29-5-2/h6-11,13H,4-5,12,14H2,1-3H3,(H,23,25). The number of nitrogens with zero attached hydrogens (tertiary/aromatic N) is 1. The maximum Gasteiger partial charge on any atom is 0.339 e. The van der Waals surface area contributed by atoms with E-state index in [4.69, 9.17) is 21.1 Å². The van der Waals surface area contributed by atoms with Crippen LogP contribution in [0.25, 0.3) is 0 Å². The molecule has 1 N–H and O–H groups in total. The highest BCUT2D eigenvalue weighted by Gasteiger charge is 2.21. The number of anilines is 2. The fourth-order valence-corrected chi connectivity index (χ4v) is 3.68. The minimum Gasteiger partial charge on any atom is -0.494 e. The molecule has 0 aliphatic carbocycles. The van der Waals surface area contributed by atoms with Gasteiger partial charge in [0.25, 0.3) is 0 Å². The minimum atomic E-state index is -3.73. The number of benzene rings is 2. The van der Waals surface area contributed by atoms with Crippen molar-refractivity contribution in [2.75, 3.05) is 35.6 Å². The largest absolute Gasteiger partial charge is 0.494 e. The van der Waals surface area contributed by atoms with Gasteiger partial charge in [-0.05, 0) is 55.8 Å². The first-order valence-electron chi connectivity index (χ1n) is 9.62. The molecule has 0 atom stereocenters. The van der Waals surface area contributed by atoms with E-state index in [-0.39, 0.29) is 22.9 Å². The number of amides is 1. The maximum atomic E-state index is 12.6. The monoisotopic (exact) mass is 468 g/mol. The number of nitrogens with one attached hydrogen (secondary N) is 1. The van der Waals surface area contributed by atoms with E-state index in [9.17, 15) is 18.0 Å². The maximum absolute atomic E-state index is 12.6. The molecule has 168 valence electrons. The molecule has 2 rings (SSSR count). The van der Waals surface area contributed by atoms with Crippen LogP contribution in [0.15, 0.2) is 42.5 Å². The zero-order valence-corrected chi connectivity index (χ0v) is 19.1. The average molecular weight is 469 g/mol. The molecule has 10 heteroatoms. The van der Waals surface area contributed by atoms with Crippen LogP contribution in [0.1, 0.15) is 30.6 Å². The fourth-order valence-electron chi connectivity index (χ4n) is 2.63. The predicted molar refractivity (Wildman–Crippen MR) is 120 cm³/mol. The first-order valence-corrected chi connectivity index (χ1v) is 11.9. The van der Waals surface area contributed by atoms with Gasteiger partial charge >= 0.3 is 5.97 Å². The summed E-state index contributed by atoms with van der Waals surface area (Å²) in [5.41, 5.74) is 0.711. The summed E-state index contributed by atoms with van der Waals surface area (Å²) < 4.78 is 36.0. The van der Waals surface area contributed by atoms with Crippen molar-refractivity contribution in [3.8, 4) is 5.75 Å². The molecule has 0 saturated heterocycles. The Kier molecular flexibility index (Phi) is 8.70. The van der Waals surface area contributed by atoms with E-state index in [2.05, 4.69) is 5.32 Å². The number of sulfonamides is 1. The highest BCUT2D eigenvalue weighted by atomic mass is 35.5. The van der Waals surface area contributed by atoms with Crippen LogP contribution >= 0.6 is 11.6 Å². The second-order valence-electron chi connectivity index (χ2n) is 6.58. The Balaban J connectivity index is 2.17. The molecule has 2 aromatic carbocycles. The zero-order valence-electron chi connectivity index (χ0n) is 17.6. The van der Waals surface area contributed by atoms with Crippen LogP contribution in [-0.2, 0) is 19.6 Å². The van der Waals surface area contributed by atoms with Crippen molar-refractivity contribution in [2.24, 2.45) is 0 Å². The van der Waals surface area contributed by atoms with Gasteiger partial charge in [0.2, 0.25) is 15.9 Å². The molecular weight excluding hydrogens is 444 g/mol. The Hall–Kier alpha value is -2.78. The summed E-state index contributed by atoms with van der Waals surface area (Å²) in [6.45, 7) is 3.92. The molecule has 0 radical (unpaired) electrons. The highest BCUT2D eigenvalue weighted by Crippen LogP contribution is 2.23. The smallest absolute Gasteiger partial charge is 0.339 e. The van der Waals surface area contributed by atoms with Crippen molar-refractivity contribution in [1.82, 2.24) is 0 Å². The molecule has 31 heavy (non-hydrogen) atoms. The van der Waals surface area contributed by atoms with E-state index >= 15 is 0 Å². The Morgan fingerprint density at radius 2 is 1.77 bits per heavy atom. The summed E-state index contributed by atoms with van der Waals surface area (Å²) in [5.74, 6) is -0.600. The zero-order chi connectivity index (χ0) is 23.0. The van der Waals surface area contributed by atoms with Crippen molar-refractivity contribution in [2.45, 2.75) is 20.3 Å². The van der Waals surface area contributed by atoms with Crippen molar-refractivity contribution >= 4 is 44.9 Å². The van der Waals surface area contributed by atoms with Crippen LogP contribution in [0.2, 0.25) is 5.02 Å². The number of ether oxygens (including phenoxy) is 2. The van der Waals surface area contributed by atoms with Crippen molar-refractivity contribution in [1.29, 1.82) is 0 Å². The molecule has 0 unspecified atom stereocenters. The van der Waals surface area contributed by atoms with E-state index in [0.717, 1.165) is 17.0 Å². The molecule has 0 bridgehead atoms. The second kappa shape index (κ2) is 11.0. The average Bonchev–Trinajstić information content (AvgIpc) is 2.71. The van der Waals surface area contributed by atoms with Gasteiger partial charge in [0.15, 0.2) is 0 Å². The summed E-state index contributed by atoms with van der Waals surface area (Å²) in [4.78, 5) is 24.5. The Morgan fingerprint density at radius 1 is 1.10 bits per heavy atom. The second-order valence-corrected chi connectivity index (χ2v) is 8.89. The lowest BCUT2D eigenvalue weighted by atomic mass is 10.2. The van der Waals surface area contributed by atoms with Gasteiger partial charge in [-0.15, -0.1) is 0 Å². The van der Waals surface area contributed by atoms with Crippen LogP contribution < -0.4 is 14.4 Å². The first-order chi connectivity index (χ1) is 14.7. The summed E-state index contributed by atoms with van der Waals surface area (Å²) in [6, 6.07) is 10.8. The van der Waals surface area contributed by atoms with Crippen molar-refractivity contribution < 1.29 is 27.5 Å². The molecule has 0 saturated carbocycles. The minimum absolute atomic E-state index is 0.101. The molecule has 0 aliphatic rings. The highest BCUT2D eigenvalue weighted by molar-refractivity contribution is 7.92. The van der Waals surface area contributed by atoms with E-state index in [1.165, 1.54) is 18.2 Å². The third kappa shape index (κ3) is 7.15. The van der Waals surface area contributed by atoms with Gasteiger partial charge < -0.3 is 14.8 Å². The van der Waals surface area contributed by atoms with Gasteiger partial charge in [0, 0.05) is 5.69 Å². The quantitative estimate of drug-likeness (QED) is 0.533. The molecule has 0 aromatic heterocycles. The van der Waals surface area contributed by atoms with Crippen LogP contribution in [0.3, 0.4) is 0 Å². The van der Waals surface area contributed by atoms with E-state index < -0.39 is 28.4 Å². The van der Waals surface area contributed by atoms with Gasteiger partial charge in [-0.25, -0.2) is 13.2 Å². The summed E-state index contributed by atoms with van der Waals surface area (Å²) >= 11 is 6.02. The number of carbonyl (C=O) groups is 2. The van der Waals surface area contributed by atoms with Gasteiger partial charge in [-0.2, -0.15) is 0 Å². The molecule has 1 amide bonds. The van der Waals surface area contributed by atoms with Gasteiger partial charge in [-0.3, -0.25) is 9.10 Å². The van der Waals surface area contributed by atoms with Crippen LogP contribution in [-0.4, -0.2) is 46.3 Å². The molecule has 0 aliphatic heterocycles. The van der Waals surface area contributed by atoms with E-state index in [1.807, 2.05) is 6.92 Å². The van der Waals surface area contributed by atoms with Gasteiger partial charge in [0.05, 0.1) is 35.7 Å². The van der Waals surface area contributed by atoms with Crippen LogP contribution in [0.5, 0.6) is 5.75 Å². The van der Waals surface area contributed by atoms with E-state index in [1.54, 1.807) is 31.2 Å². The molecular formula is C21H25ClN2O6S. The summed E-state index contributed by atoms with van der Waals surface area (Å²) in [5, 5.41) is 2.76. The number of halogens is 1. The van der Waals surface area contributed by atoms with E-state index in [0.29, 0.717) is 18.0 Å². The Morgan fingerprint density at radius 3 is 2.35 bits per heavy atom. The lowest BCUT2D eigenvalue weighted by Gasteiger charge is -2.22. The lowest BCUT2D eigenvalue weighted by molar-refractivity contribution is -0.114. The molecule has 0 heterocycles. The normalized spacial score (nSPS) is 11.0. The summed E-state index contributed by atoms with van der Waals surface area (Å²) in [7, 11) is -3.73. The number of hydrogen-bond donors (Lipinski definition) is 1. The lowest BCUT2D eigenvalue weighted by Crippen LogP contribution is -2.37. The molecule has 0 spiro atoms. The first kappa shape index (κ1) is 24.5. The number of rotatable bonds is 10. The van der Waals surface area contributed by atoms with Gasteiger partial charge in [0.1, 0.15) is 12.3 Å².